The number of alkyl carbamates (subject to hydrolysis) is 1. The molecule has 6 heteroatoms. The summed E-state index contributed by atoms with van der Waals surface area (Å²) >= 11 is 0. The van der Waals surface area contributed by atoms with Gasteiger partial charge in [0, 0.05) is 6.54 Å². The summed E-state index contributed by atoms with van der Waals surface area (Å²) in [4.78, 5) is 25.5. The molecule has 1 heterocycles. The van der Waals surface area contributed by atoms with Crippen molar-refractivity contribution in [2.75, 3.05) is 6.54 Å². The van der Waals surface area contributed by atoms with E-state index in [9.17, 15) is 9.59 Å². The number of nitrogens with one attached hydrogen (secondary N) is 1. The zero-order valence-corrected chi connectivity index (χ0v) is 13.7. The fourth-order valence-electron chi connectivity index (χ4n) is 2.37. The van der Waals surface area contributed by atoms with E-state index in [1.54, 1.807) is 4.90 Å². The molecule has 1 N–H and O–H groups in total. The van der Waals surface area contributed by atoms with Crippen molar-refractivity contribution in [3.63, 3.8) is 0 Å². The summed E-state index contributed by atoms with van der Waals surface area (Å²) in [6, 6.07) is 9.50. The highest BCUT2D eigenvalue weighted by molar-refractivity contribution is 5.71. The smallest absolute Gasteiger partial charge is 0.411 e. The van der Waals surface area contributed by atoms with Crippen LogP contribution in [-0.2, 0) is 16.1 Å². The molecule has 126 valence electrons. The van der Waals surface area contributed by atoms with Gasteiger partial charge in [0.15, 0.2) is 0 Å². The van der Waals surface area contributed by atoms with Crippen LogP contribution >= 0.6 is 0 Å². The molecule has 2 unspecified atom stereocenters. The van der Waals surface area contributed by atoms with Crippen LogP contribution < -0.4 is 5.32 Å². The lowest BCUT2D eigenvalue weighted by atomic mass is 10.2. The Morgan fingerprint density at radius 3 is 2.78 bits per heavy atom. The molecular formula is C17H24N2O4. The molecule has 2 rings (SSSR count). The van der Waals surface area contributed by atoms with Crippen molar-refractivity contribution in [2.24, 2.45) is 0 Å². The molecule has 6 nitrogen and oxygen atoms in total. The molecule has 1 aliphatic rings. The number of nitrogens with zero attached hydrogens (tertiary/aromatic N) is 1. The van der Waals surface area contributed by atoms with Crippen LogP contribution in [-0.4, -0.2) is 35.9 Å². The Morgan fingerprint density at radius 2 is 2.09 bits per heavy atom. The van der Waals surface area contributed by atoms with Crippen molar-refractivity contribution in [1.82, 2.24) is 10.2 Å². The van der Waals surface area contributed by atoms with E-state index in [1.165, 1.54) is 0 Å². The van der Waals surface area contributed by atoms with E-state index in [2.05, 4.69) is 5.32 Å². The van der Waals surface area contributed by atoms with Gasteiger partial charge in [0.2, 0.25) is 0 Å². The molecule has 1 aromatic rings. The topological polar surface area (TPSA) is 67.9 Å². The Labute approximate surface area is 136 Å². The third-order valence-electron chi connectivity index (χ3n) is 3.86. The first kappa shape index (κ1) is 17.1. The Kier molecular flexibility index (Phi) is 6.26. The average Bonchev–Trinajstić information content (AvgIpc) is 3.01. The van der Waals surface area contributed by atoms with Crippen LogP contribution in [0.2, 0.25) is 0 Å². The number of amides is 2. The van der Waals surface area contributed by atoms with Crippen molar-refractivity contribution in [3.8, 4) is 0 Å². The van der Waals surface area contributed by atoms with Gasteiger partial charge in [0.25, 0.3) is 0 Å². The van der Waals surface area contributed by atoms with Crippen LogP contribution in [0.4, 0.5) is 9.59 Å². The first-order valence-corrected chi connectivity index (χ1v) is 8.04. The van der Waals surface area contributed by atoms with Crippen molar-refractivity contribution in [3.05, 3.63) is 35.9 Å². The summed E-state index contributed by atoms with van der Waals surface area (Å²) < 4.78 is 10.5. The fraction of sp³-hybridized carbons (Fsp3) is 0.529. The Hall–Kier alpha value is -2.24. The van der Waals surface area contributed by atoms with Crippen LogP contribution in [0.15, 0.2) is 30.3 Å². The maximum atomic E-state index is 12.2. The summed E-state index contributed by atoms with van der Waals surface area (Å²) in [7, 11) is 0. The second-order valence-corrected chi connectivity index (χ2v) is 5.66. The monoisotopic (exact) mass is 320 g/mol. The van der Waals surface area contributed by atoms with Crippen LogP contribution in [0, 0.1) is 0 Å². The van der Waals surface area contributed by atoms with E-state index in [4.69, 9.17) is 9.47 Å². The van der Waals surface area contributed by atoms with Crippen LogP contribution in [0.1, 0.15) is 38.7 Å². The second-order valence-electron chi connectivity index (χ2n) is 5.66. The van der Waals surface area contributed by atoms with Gasteiger partial charge in [-0.25, -0.2) is 9.59 Å². The zero-order valence-electron chi connectivity index (χ0n) is 13.7. The minimum Gasteiger partial charge on any atom is -0.447 e. The van der Waals surface area contributed by atoms with Gasteiger partial charge >= 0.3 is 12.2 Å². The summed E-state index contributed by atoms with van der Waals surface area (Å²) in [5.41, 5.74) is 0.931. The molecule has 1 fully saturated rings. The van der Waals surface area contributed by atoms with E-state index in [0.717, 1.165) is 18.4 Å². The molecule has 0 aliphatic carbocycles. The molecule has 0 radical (unpaired) electrons. The van der Waals surface area contributed by atoms with Gasteiger partial charge < -0.3 is 14.8 Å². The van der Waals surface area contributed by atoms with E-state index in [1.807, 2.05) is 44.2 Å². The standard InChI is InChI=1S/C17H24N2O4/c1-3-13(2)23-16(20)18-15-10-7-11-19(15)17(21)22-12-14-8-5-4-6-9-14/h4-6,8-9,13,15H,3,7,10-12H2,1-2H3,(H,18,20). The van der Waals surface area contributed by atoms with Gasteiger partial charge in [-0.05, 0) is 31.7 Å². The summed E-state index contributed by atoms with van der Waals surface area (Å²) in [6.07, 6.45) is 0.864. The molecule has 1 aromatic carbocycles. The largest absolute Gasteiger partial charge is 0.447 e. The predicted molar refractivity (Wildman–Crippen MR) is 85.7 cm³/mol. The second kappa shape index (κ2) is 8.41. The summed E-state index contributed by atoms with van der Waals surface area (Å²) in [5.74, 6) is 0. The fourth-order valence-corrected chi connectivity index (χ4v) is 2.37. The lowest BCUT2D eigenvalue weighted by Crippen LogP contribution is -2.47. The third kappa shape index (κ3) is 5.16. The highest BCUT2D eigenvalue weighted by atomic mass is 16.6. The number of benzene rings is 1. The van der Waals surface area contributed by atoms with Crippen LogP contribution in [0.3, 0.4) is 0 Å². The van der Waals surface area contributed by atoms with Gasteiger partial charge in [-0.2, -0.15) is 0 Å². The molecule has 0 bridgehead atoms. The highest BCUT2D eigenvalue weighted by Crippen LogP contribution is 2.17. The minimum absolute atomic E-state index is 0.144. The number of rotatable bonds is 5. The molecular weight excluding hydrogens is 296 g/mol. The van der Waals surface area contributed by atoms with Gasteiger partial charge in [0.1, 0.15) is 18.9 Å². The Bertz CT molecular complexity index is 521. The molecule has 2 atom stereocenters. The van der Waals surface area contributed by atoms with Crippen LogP contribution in [0.25, 0.3) is 0 Å². The Balaban J connectivity index is 1.83. The molecule has 1 aliphatic heterocycles. The summed E-state index contributed by atoms with van der Waals surface area (Å²) in [6.45, 7) is 4.57. The first-order valence-electron chi connectivity index (χ1n) is 8.04. The Morgan fingerprint density at radius 1 is 1.35 bits per heavy atom. The SMILES string of the molecule is CCC(C)OC(=O)NC1CCCN1C(=O)OCc1ccccc1. The molecule has 1 saturated heterocycles. The van der Waals surface area contributed by atoms with Crippen molar-refractivity contribution >= 4 is 12.2 Å². The number of hydrogen-bond acceptors (Lipinski definition) is 4. The third-order valence-corrected chi connectivity index (χ3v) is 3.86. The predicted octanol–water partition coefficient (Wildman–Crippen LogP) is 3.27. The molecule has 23 heavy (non-hydrogen) atoms. The number of carbonyl (C=O) groups excluding carboxylic acids is 2. The number of likely N-dealkylation sites (tertiary alicyclic amines) is 1. The lowest BCUT2D eigenvalue weighted by molar-refractivity contribution is 0.0744. The summed E-state index contributed by atoms with van der Waals surface area (Å²) in [5, 5.41) is 2.74. The van der Waals surface area contributed by atoms with Gasteiger partial charge in [-0.3, -0.25) is 4.90 Å². The van der Waals surface area contributed by atoms with Crippen molar-refractivity contribution in [2.45, 2.75) is 52.0 Å². The van der Waals surface area contributed by atoms with E-state index < -0.39 is 12.2 Å². The maximum Gasteiger partial charge on any atom is 0.411 e. The van der Waals surface area contributed by atoms with Crippen molar-refractivity contribution < 1.29 is 19.1 Å². The van der Waals surface area contributed by atoms with E-state index in [0.29, 0.717) is 13.0 Å². The molecule has 0 saturated carbocycles. The van der Waals surface area contributed by atoms with Gasteiger partial charge in [0.05, 0.1) is 0 Å². The molecule has 2 amide bonds. The normalized spacial score (nSPS) is 18.3. The van der Waals surface area contributed by atoms with Gasteiger partial charge in [-0.15, -0.1) is 0 Å². The number of hydrogen-bond donors (Lipinski definition) is 1. The minimum atomic E-state index is -0.493. The van der Waals surface area contributed by atoms with Gasteiger partial charge in [-0.1, -0.05) is 37.3 Å². The van der Waals surface area contributed by atoms with Crippen molar-refractivity contribution in [1.29, 1.82) is 0 Å². The van der Waals surface area contributed by atoms with Crippen LogP contribution in [0.5, 0.6) is 0 Å². The quantitative estimate of drug-likeness (QED) is 0.904. The molecule has 0 spiro atoms. The highest BCUT2D eigenvalue weighted by Gasteiger charge is 2.31. The number of ether oxygens (including phenoxy) is 2. The zero-order chi connectivity index (χ0) is 16.7. The first-order chi connectivity index (χ1) is 11.1. The van der Waals surface area contributed by atoms with E-state index in [-0.39, 0.29) is 18.9 Å². The number of carbonyl (C=O) groups is 2. The lowest BCUT2D eigenvalue weighted by Gasteiger charge is -2.25. The average molecular weight is 320 g/mol. The molecule has 0 aromatic heterocycles. The van der Waals surface area contributed by atoms with E-state index >= 15 is 0 Å². The maximum absolute atomic E-state index is 12.2.